The molecule has 0 aromatic heterocycles. The van der Waals surface area contributed by atoms with E-state index in [4.69, 9.17) is 11.6 Å². The summed E-state index contributed by atoms with van der Waals surface area (Å²) in [4.78, 5) is 27.2. The number of carbonyl (C=O) groups is 2. The summed E-state index contributed by atoms with van der Waals surface area (Å²) in [5, 5.41) is 0.573. The smallest absolute Gasteiger partial charge is 0.242 e. The third-order valence-electron chi connectivity index (χ3n) is 3.21. The molecule has 0 saturated carbocycles. The number of amides is 2. The van der Waals surface area contributed by atoms with Crippen molar-refractivity contribution < 1.29 is 9.59 Å². The normalized spacial score (nSPS) is 10.2. The first-order valence-corrected chi connectivity index (χ1v) is 7.12. The van der Waals surface area contributed by atoms with Crippen molar-refractivity contribution in [1.82, 2.24) is 9.80 Å². The molecule has 4 nitrogen and oxygen atoms in total. The van der Waals surface area contributed by atoms with Crippen LogP contribution in [0.4, 0.5) is 0 Å². The molecule has 20 heavy (non-hydrogen) atoms. The van der Waals surface area contributed by atoms with E-state index >= 15 is 0 Å². The van der Waals surface area contributed by atoms with Crippen molar-refractivity contribution in [2.45, 2.75) is 20.3 Å². The van der Waals surface area contributed by atoms with Gasteiger partial charge in [-0.05, 0) is 25.5 Å². The maximum absolute atomic E-state index is 12.1. The largest absolute Gasteiger partial charge is 0.342 e. The summed E-state index contributed by atoms with van der Waals surface area (Å²) in [6, 6.07) is 7.24. The highest BCUT2D eigenvalue weighted by Gasteiger charge is 2.17. The molecular formula is C15H21ClN2O2. The van der Waals surface area contributed by atoms with Gasteiger partial charge in [-0.1, -0.05) is 29.8 Å². The molecule has 0 saturated heterocycles. The van der Waals surface area contributed by atoms with Crippen molar-refractivity contribution in [3.63, 3.8) is 0 Å². The van der Waals surface area contributed by atoms with Gasteiger partial charge in [0.25, 0.3) is 0 Å². The van der Waals surface area contributed by atoms with E-state index in [1.807, 2.05) is 32.0 Å². The van der Waals surface area contributed by atoms with Crippen LogP contribution in [0.25, 0.3) is 0 Å². The Bertz CT molecular complexity index is 473. The van der Waals surface area contributed by atoms with Crippen LogP contribution < -0.4 is 0 Å². The number of rotatable bonds is 6. The van der Waals surface area contributed by atoms with E-state index in [1.165, 1.54) is 4.90 Å². The lowest BCUT2D eigenvalue weighted by Gasteiger charge is -2.23. The Balaban J connectivity index is 2.60. The van der Waals surface area contributed by atoms with Crippen LogP contribution in [0.2, 0.25) is 5.02 Å². The van der Waals surface area contributed by atoms with E-state index in [0.29, 0.717) is 18.1 Å². The van der Waals surface area contributed by atoms with Gasteiger partial charge in [0.2, 0.25) is 11.8 Å². The lowest BCUT2D eigenvalue weighted by Crippen LogP contribution is -2.41. The number of halogens is 1. The van der Waals surface area contributed by atoms with Gasteiger partial charge in [-0.25, -0.2) is 0 Å². The molecule has 0 aliphatic heterocycles. The molecule has 1 aromatic carbocycles. The summed E-state index contributed by atoms with van der Waals surface area (Å²) < 4.78 is 0. The van der Waals surface area contributed by atoms with Crippen LogP contribution in [0, 0.1) is 0 Å². The molecule has 0 unspecified atom stereocenters. The quantitative estimate of drug-likeness (QED) is 0.807. The zero-order chi connectivity index (χ0) is 15.1. The summed E-state index contributed by atoms with van der Waals surface area (Å²) >= 11 is 6.03. The van der Waals surface area contributed by atoms with Crippen LogP contribution in [-0.2, 0) is 16.0 Å². The lowest BCUT2D eigenvalue weighted by atomic mass is 10.1. The molecule has 0 N–H and O–H groups in total. The molecule has 0 atom stereocenters. The fourth-order valence-electron chi connectivity index (χ4n) is 1.91. The minimum atomic E-state index is -0.112. The van der Waals surface area contributed by atoms with Gasteiger partial charge in [-0.2, -0.15) is 0 Å². The second kappa shape index (κ2) is 7.90. The molecular weight excluding hydrogens is 276 g/mol. The zero-order valence-electron chi connectivity index (χ0n) is 12.2. The number of hydrogen-bond donors (Lipinski definition) is 0. The van der Waals surface area contributed by atoms with E-state index < -0.39 is 0 Å². The predicted molar refractivity (Wildman–Crippen MR) is 80.7 cm³/mol. The Morgan fingerprint density at radius 2 is 1.70 bits per heavy atom. The highest BCUT2D eigenvalue weighted by atomic mass is 35.5. The van der Waals surface area contributed by atoms with E-state index in [9.17, 15) is 9.59 Å². The van der Waals surface area contributed by atoms with Crippen LogP contribution in [0.3, 0.4) is 0 Å². The van der Waals surface area contributed by atoms with Crippen molar-refractivity contribution in [1.29, 1.82) is 0 Å². The SMILES string of the molecule is CCN(CC)C(=O)CN(C)C(=O)Cc1ccccc1Cl. The van der Waals surface area contributed by atoms with Crippen LogP contribution in [-0.4, -0.2) is 48.3 Å². The summed E-state index contributed by atoms with van der Waals surface area (Å²) in [7, 11) is 1.64. The summed E-state index contributed by atoms with van der Waals surface area (Å²) in [5.74, 6) is -0.149. The van der Waals surface area contributed by atoms with Crippen molar-refractivity contribution in [2.24, 2.45) is 0 Å². The molecule has 0 bridgehead atoms. The number of nitrogens with zero attached hydrogens (tertiary/aromatic N) is 2. The summed E-state index contributed by atoms with van der Waals surface area (Å²) in [6.07, 6.45) is 0.210. The van der Waals surface area contributed by atoms with Crippen molar-refractivity contribution in [2.75, 3.05) is 26.7 Å². The Morgan fingerprint density at radius 3 is 2.25 bits per heavy atom. The Kier molecular flexibility index (Phi) is 6.52. The fraction of sp³-hybridized carbons (Fsp3) is 0.467. The van der Waals surface area contributed by atoms with Gasteiger partial charge < -0.3 is 9.80 Å². The summed E-state index contributed by atoms with van der Waals surface area (Å²) in [6.45, 7) is 5.26. The molecule has 110 valence electrons. The van der Waals surface area contributed by atoms with Crippen molar-refractivity contribution in [3.05, 3.63) is 34.9 Å². The lowest BCUT2D eigenvalue weighted by molar-refractivity contribution is -0.138. The minimum absolute atomic E-state index is 0.0370. The van der Waals surface area contributed by atoms with Gasteiger partial charge in [-0.15, -0.1) is 0 Å². The molecule has 0 aliphatic rings. The average Bonchev–Trinajstić information content (AvgIpc) is 2.42. The third kappa shape index (κ3) is 4.53. The van der Waals surface area contributed by atoms with E-state index in [2.05, 4.69) is 0 Å². The molecule has 0 spiro atoms. The van der Waals surface area contributed by atoms with Crippen LogP contribution in [0.5, 0.6) is 0 Å². The number of likely N-dealkylation sites (N-methyl/N-ethyl adjacent to an activating group) is 2. The van der Waals surface area contributed by atoms with E-state index in [1.54, 1.807) is 18.0 Å². The van der Waals surface area contributed by atoms with Gasteiger partial charge in [0.15, 0.2) is 0 Å². The van der Waals surface area contributed by atoms with Crippen LogP contribution in [0.1, 0.15) is 19.4 Å². The van der Waals surface area contributed by atoms with Gasteiger partial charge >= 0.3 is 0 Å². The standard InChI is InChI=1S/C15H21ClN2O2/c1-4-18(5-2)15(20)11-17(3)14(19)10-12-8-6-7-9-13(12)16/h6-9H,4-5,10-11H2,1-3H3. The monoisotopic (exact) mass is 296 g/mol. The maximum atomic E-state index is 12.1. The van der Waals surface area contributed by atoms with E-state index in [-0.39, 0.29) is 24.8 Å². The topological polar surface area (TPSA) is 40.6 Å². The van der Waals surface area contributed by atoms with Crippen LogP contribution >= 0.6 is 11.6 Å². The van der Waals surface area contributed by atoms with Crippen molar-refractivity contribution in [3.8, 4) is 0 Å². The second-order valence-electron chi connectivity index (χ2n) is 4.58. The van der Waals surface area contributed by atoms with Crippen molar-refractivity contribution >= 4 is 23.4 Å². The zero-order valence-corrected chi connectivity index (χ0v) is 13.0. The average molecular weight is 297 g/mol. The highest BCUT2D eigenvalue weighted by Crippen LogP contribution is 2.16. The third-order valence-corrected chi connectivity index (χ3v) is 3.58. The number of hydrogen-bond acceptors (Lipinski definition) is 2. The van der Waals surface area contributed by atoms with Gasteiger partial charge in [0.05, 0.1) is 13.0 Å². The maximum Gasteiger partial charge on any atom is 0.242 e. The minimum Gasteiger partial charge on any atom is -0.342 e. The Hall–Kier alpha value is -1.55. The Labute approximate surface area is 125 Å². The first-order valence-electron chi connectivity index (χ1n) is 6.74. The molecule has 2 amide bonds. The predicted octanol–water partition coefficient (Wildman–Crippen LogP) is 2.21. The number of benzene rings is 1. The first kappa shape index (κ1) is 16.5. The van der Waals surface area contributed by atoms with Gasteiger partial charge in [0.1, 0.15) is 0 Å². The second-order valence-corrected chi connectivity index (χ2v) is 4.99. The van der Waals surface area contributed by atoms with Gasteiger partial charge in [0, 0.05) is 25.2 Å². The van der Waals surface area contributed by atoms with Gasteiger partial charge in [-0.3, -0.25) is 9.59 Å². The fourth-order valence-corrected chi connectivity index (χ4v) is 2.11. The molecule has 0 heterocycles. The Morgan fingerprint density at radius 1 is 1.10 bits per heavy atom. The molecule has 0 aliphatic carbocycles. The molecule has 0 fully saturated rings. The number of carbonyl (C=O) groups excluding carboxylic acids is 2. The first-order chi connectivity index (χ1) is 9.49. The summed E-state index contributed by atoms with van der Waals surface area (Å²) in [5.41, 5.74) is 0.779. The van der Waals surface area contributed by atoms with Crippen LogP contribution in [0.15, 0.2) is 24.3 Å². The molecule has 1 aromatic rings. The molecule has 5 heteroatoms. The molecule has 0 radical (unpaired) electrons. The van der Waals surface area contributed by atoms with E-state index in [0.717, 1.165) is 5.56 Å². The molecule has 1 rings (SSSR count). The highest BCUT2D eigenvalue weighted by molar-refractivity contribution is 6.31.